The van der Waals surface area contributed by atoms with E-state index in [0.29, 0.717) is 18.7 Å². The van der Waals surface area contributed by atoms with Crippen molar-refractivity contribution >= 4 is 5.91 Å². The fraction of sp³-hybridized carbons (Fsp3) is 0.412. The number of carbonyl (C=O) groups is 1. The normalized spacial score (nSPS) is 11.5. The summed E-state index contributed by atoms with van der Waals surface area (Å²) in [6.07, 6.45) is 1.78. The highest BCUT2D eigenvalue weighted by molar-refractivity contribution is 5.96. The van der Waals surface area contributed by atoms with Gasteiger partial charge in [0.25, 0.3) is 5.91 Å². The van der Waals surface area contributed by atoms with Crippen molar-refractivity contribution in [3.8, 4) is 0 Å². The van der Waals surface area contributed by atoms with Gasteiger partial charge in [-0.2, -0.15) is 0 Å². The molecule has 1 amide bonds. The van der Waals surface area contributed by atoms with Gasteiger partial charge in [-0.05, 0) is 45.9 Å². The molecule has 118 valence electrons. The predicted molar refractivity (Wildman–Crippen MR) is 87.8 cm³/mol. The lowest BCUT2D eigenvalue weighted by atomic mass is 10.1. The maximum Gasteiger partial charge on any atom is 0.253 e. The lowest BCUT2D eigenvalue weighted by molar-refractivity contribution is 0.0915. The summed E-state index contributed by atoms with van der Waals surface area (Å²) in [7, 11) is 0. The van der Waals surface area contributed by atoms with Gasteiger partial charge >= 0.3 is 0 Å². The van der Waals surface area contributed by atoms with Crippen LogP contribution in [0.4, 0.5) is 0 Å². The summed E-state index contributed by atoms with van der Waals surface area (Å²) >= 11 is 0. The highest BCUT2D eigenvalue weighted by Crippen LogP contribution is 2.17. The van der Waals surface area contributed by atoms with Crippen molar-refractivity contribution in [2.75, 3.05) is 6.54 Å². The van der Waals surface area contributed by atoms with E-state index >= 15 is 0 Å². The number of rotatable bonds is 5. The fourth-order valence-corrected chi connectivity index (χ4v) is 2.35. The smallest absolute Gasteiger partial charge is 0.253 e. The number of carbonyl (C=O) groups excluding carboxylic acids is 1. The Morgan fingerprint density at radius 1 is 1.36 bits per heavy atom. The lowest BCUT2D eigenvalue weighted by Gasteiger charge is -2.24. The van der Waals surface area contributed by atoms with Crippen LogP contribution in [-0.4, -0.2) is 27.5 Å². The maximum atomic E-state index is 12.5. The van der Waals surface area contributed by atoms with Gasteiger partial charge in [0.2, 0.25) is 0 Å². The number of nitrogens with one attached hydrogen (secondary N) is 1. The zero-order valence-electron chi connectivity index (χ0n) is 13.7. The minimum atomic E-state index is -0.416. The first-order valence-electron chi connectivity index (χ1n) is 7.43. The maximum absolute atomic E-state index is 12.5. The van der Waals surface area contributed by atoms with Gasteiger partial charge in [-0.15, -0.1) is 0 Å². The van der Waals surface area contributed by atoms with Crippen molar-refractivity contribution in [3.63, 3.8) is 0 Å². The van der Waals surface area contributed by atoms with Crippen LogP contribution in [-0.2, 0) is 6.54 Å². The highest BCUT2D eigenvalue weighted by Gasteiger charge is 2.22. The third kappa shape index (κ3) is 3.54. The second-order valence-electron chi connectivity index (χ2n) is 6.23. The summed E-state index contributed by atoms with van der Waals surface area (Å²) in [6.45, 7) is 8.84. The Labute approximate surface area is 131 Å². The Hall–Kier alpha value is -2.14. The first-order valence-corrected chi connectivity index (χ1v) is 7.43. The quantitative estimate of drug-likeness (QED) is 0.887. The van der Waals surface area contributed by atoms with Crippen LogP contribution < -0.4 is 11.1 Å². The van der Waals surface area contributed by atoms with E-state index in [4.69, 9.17) is 5.73 Å². The molecule has 0 radical (unpaired) electrons. The fourth-order valence-electron chi connectivity index (χ4n) is 2.35. The van der Waals surface area contributed by atoms with Crippen LogP contribution in [0.25, 0.3) is 0 Å². The van der Waals surface area contributed by atoms with Crippen molar-refractivity contribution in [3.05, 3.63) is 53.1 Å². The molecule has 0 fully saturated rings. The molecule has 0 aliphatic carbocycles. The molecule has 0 aromatic carbocycles. The van der Waals surface area contributed by atoms with Gasteiger partial charge in [-0.1, -0.05) is 6.07 Å². The van der Waals surface area contributed by atoms with E-state index < -0.39 is 5.54 Å². The Bertz CT molecular complexity index is 659. The van der Waals surface area contributed by atoms with Crippen LogP contribution in [0.1, 0.15) is 41.3 Å². The van der Waals surface area contributed by atoms with Crippen LogP contribution in [0, 0.1) is 13.8 Å². The van der Waals surface area contributed by atoms with Gasteiger partial charge in [-0.3, -0.25) is 9.78 Å². The second kappa shape index (κ2) is 6.32. The average molecular weight is 300 g/mol. The lowest BCUT2D eigenvalue weighted by Crippen LogP contribution is -2.48. The van der Waals surface area contributed by atoms with Crippen LogP contribution in [0.3, 0.4) is 0 Å². The van der Waals surface area contributed by atoms with Gasteiger partial charge in [0, 0.05) is 29.7 Å². The van der Waals surface area contributed by atoms with E-state index in [9.17, 15) is 4.79 Å². The molecule has 0 atom stereocenters. The van der Waals surface area contributed by atoms with Gasteiger partial charge in [0.1, 0.15) is 0 Å². The van der Waals surface area contributed by atoms with Crippen molar-refractivity contribution in [2.24, 2.45) is 5.73 Å². The largest absolute Gasteiger partial charge is 0.346 e. The molecule has 0 aliphatic heterocycles. The zero-order chi connectivity index (χ0) is 16.3. The van der Waals surface area contributed by atoms with Crippen LogP contribution in [0.2, 0.25) is 0 Å². The summed E-state index contributed by atoms with van der Waals surface area (Å²) in [5, 5.41) is 2.97. The molecule has 0 aliphatic rings. The van der Waals surface area contributed by atoms with Crippen molar-refractivity contribution in [1.29, 1.82) is 0 Å². The molecule has 5 nitrogen and oxygen atoms in total. The molecule has 0 saturated carbocycles. The van der Waals surface area contributed by atoms with Gasteiger partial charge < -0.3 is 15.6 Å². The molecule has 2 heterocycles. The van der Waals surface area contributed by atoms with Gasteiger partial charge in [0.05, 0.1) is 17.8 Å². The Balaban J connectivity index is 2.25. The van der Waals surface area contributed by atoms with E-state index in [-0.39, 0.29) is 5.91 Å². The van der Waals surface area contributed by atoms with E-state index in [1.807, 2.05) is 52.0 Å². The molecule has 0 saturated heterocycles. The topological polar surface area (TPSA) is 72.9 Å². The van der Waals surface area contributed by atoms with Crippen LogP contribution >= 0.6 is 0 Å². The first kappa shape index (κ1) is 16.2. The van der Waals surface area contributed by atoms with Crippen LogP contribution in [0.15, 0.2) is 30.5 Å². The SMILES string of the molecule is Cc1cc(C(=O)NC(C)(C)CN)c(C)n1Cc1ccccn1. The minimum Gasteiger partial charge on any atom is -0.346 e. The number of hydrogen-bond donors (Lipinski definition) is 2. The number of pyridine rings is 1. The van der Waals surface area contributed by atoms with Gasteiger partial charge in [0.15, 0.2) is 0 Å². The number of aryl methyl sites for hydroxylation is 1. The zero-order valence-corrected chi connectivity index (χ0v) is 13.7. The Morgan fingerprint density at radius 3 is 2.68 bits per heavy atom. The summed E-state index contributed by atoms with van der Waals surface area (Å²) in [6, 6.07) is 7.76. The minimum absolute atomic E-state index is 0.0872. The molecule has 2 aromatic rings. The Morgan fingerprint density at radius 2 is 2.09 bits per heavy atom. The average Bonchev–Trinajstić information content (AvgIpc) is 2.76. The first-order chi connectivity index (χ1) is 10.3. The summed E-state index contributed by atoms with van der Waals surface area (Å²) in [5.74, 6) is -0.0872. The van der Waals surface area contributed by atoms with Crippen molar-refractivity contribution in [2.45, 2.75) is 39.8 Å². The summed E-state index contributed by atoms with van der Waals surface area (Å²) in [5.41, 5.74) is 8.90. The summed E-state index contributed by atoms with van der Waals surface area (Å²) in [4.78, 5) is 16.8. The molecular weight excluding hydrogens is 276 g/mol. The summed E-state index contributed by atoms with van der Waals surface area (Å²) < 4.78 is 2.10. The number of aromatic nitrogens is 2. The number of nitrogens with zero attached hydrogens (tertiary/aromatic N) is 2. The third-order valence-electron chi connectivity index (χ3n) is 3.83. The van der Waals surface area contributed by atoms with E-state index in [2.05, 4.69) is 14.9 Å². The molecule has 0 spiro atoms. The molecule has 22 heavy (non-hydrogen) atoms. The molecule has 2 rings (SSSR count). The molecule has 3 N–H and O–H groups in total. The van der Waals surface area contributed by atoms with E-state index in [1.165, 1.54) is 0 Å². The Kier molecular flexibility index (Phi) is 4.66. The molecular formula is C17H24N4O. The molecule has 0 unspecified atom stereocenters. The molecule has 0 bridgehead atoms. The molecule has 2 aromatic heterocycles. The number of hydrogen-bond acceptors (Lipinski definition) is 3. The monoisotopic (exact) mass is 300 g/mol. The van der Waals surface area contributed by atoms with Crippen LogP contribution in [0.5, 0.6) is 0 Å². The number of amides is 1. The third-order valence-corrected chi connectivity index (χ3v) is 3.83. The van der Waals surface area contributed by atoms with E-state index in [1.54, 1.807) is 6.20 Å². The second-order valence-corrected chi connectivity index (χ2v) is 6.23. The highest BCUT2D eigenvalue weighted by atomic mass is 16.1. The van der Waals surface area contributed by atoms with E-state index in [0.717, 1.165) is 17.1 Å². The predicted octanol–water partition coefficient (Wildman–Crippen LogP) is 2.02. The number of nitrogens with two attached hydrogens (primary N) is 1. The standard InChI is InChI=1S/C17H24N4O/c1-12-9-15(16(22)20-17(3,4)11-18)13(2)21(12)10-14-7-5-6-8-19-14/h5-9H,10-11,18H2,1-4H3,(H,20,22). The van der Waals surface area contributed by atoms with Gasteiger partial charge in [-0.25, -0.2) is 0 Å². The van der Waals surface area contributed by atoms with Crippen molar-refractivity contribution < 1.29 is 4.79 Å². The van der Waals surface area contributed by atoms with Crippen molar-refractivity contribution in [1.82, 2.24) is 14.9 Å². The molecule has 5 heteroatoms.